The van der Waals surface area contributed by atoms with Gasteiger partial charge in [0.1, 0.15) is 17.9 Å². The molecule has 2 heterocycles. The van der Waals surface area contributed by atoms with Crippen LogP contribution in [0.1, 0.15) is 35.0 Å². The lowest BCUT2D eigenvalue weighted by Gasteiger charge is -2.41. The number of aryl methyl sites for hydroxylation is 1. The molecule has 1 saturated heterocycles. The van der Waals surface area contributed by atoms with Gasteiger partial charge in [-0.2, -0.15) is 0 Å². The second kappa shape index (κ2) is 8.58. The topological polar surface area (TPSA) is 145 Å². The molecular formula is C21H25BN2O7-2. The maximum Gasteiger partial charge on any atom is 0.430 e. The van der Waals surface area contributed by atoms with Gasteiger partial charge in [-0.1, -0.05) is 50.1 Å². The number of nitrogens with zero attached hydrogens (tertiary/aromatic N) is 1. The lowest BCUT2D eigenvalue weighted by Crippen LogP contribution is -2.58. The Balaban J connectivity index is 0.00000272. The zero-order chi connectivity index (χ0) is 21.5. The molecule has 0 spiro atoms. The second-order valence-corrected chi connectivity index (χ2v) is 7.60. The lowest BCUT2D eigenvalue weighted by molar-refractivity contribution is -0.255. The highest BCUT2D eigenvalue weighted by molar-refractivity contribution is 6.59. The van der Waals surface area contributed by atoms with Gasteiger partial charge >= 0.3 is 6.75 Å². The number of carboxylic acid groups (broad SMARTS) is 1. The Bertz CT molecular complexity index is 977. The Morgan fingerprint density at radius 2 is 1.87 bits per heavy atom. The van der Waals surface area contributed by atoms with E-state index in [1.165, 1.54) is 11.0 Å². The summed E-state index contributed by atoms with van der Waals surface area (Å²) in [6, 6.07) is 11.3. The second-order valence-electron chi connectivity index (χ2n) is 7.60. The molecule has 0 aliphatic carbocycles. The van der Waals surface area contributed by atoms with Gasteiger partial charge in [-0.05, 0) is 23.6 Å². The molecule has 1 amide bonds. The first kappa shape index (κ1) is 22.6. The molecule has 4 N–H and O–H groups in total. The molecule has 0 unspecified atom stereocenters. The molecule has 166 valence electrons. The van der Waals surface area contributed by atoms with E-state index in [1.54, 1.807) is 30.3 Å². The Labute approximate surface area is 180 Å². The van der Waals surface area contributed by atoms with E-state index in [2.05, 4.69) is 0 Å². The first-order valence-corrected chi connectivity index (χ1v) is 9.67. The van der Waals surface area contributed by atoms with Crippen LogP contribution in [0.2, 0.25) is 6.32 Å². The van der Waals surface area contributed by atoms with Gasteiger partial charge in [0.15, 0.2) is 0 Å². The molecule has 9 nitrogen and oxygen atoms in total. The van der Waals surface area contributed by atoms with Crippen LogP contribution in [-0.4, -0.2) is 52.8 Å². The van der Waals surface area contributed by atoms with Crippen molar-refractivity contribution in [1.29, 1.82) is 0 Å². The van der Waals surface area contributed by atoms with Crippen molar-refractivity contribution in [2.45, 2.75) is 32.3 Å². The molecule has 0 saturated carbocycles. The van der Waals surface area contributed by atoms with Gasteiger partial charge in [0.2, 0.25) is 5.91 Å². The van der Waals surface area contributed by atoms with E-state index in [0.29, 0.717) is 11.1 Å². The van der Waals surface area contributed by atoms with Crippen molar-refractivity contribution in [3.05, 3.63) is 59.2 Å². The van der Waals surface area contributed by atoms with E-state index < -0.39 is 24.9 Å². The van der Waals surface area contributed by atoms with E-state index in [-0.39, 0.29) is 56.2 Å². The number of hydrogen-bond acceptors (Lipinski definition) is 8. The van der Waals surface area contributed by atoms with Crippen molar-refractivity contribution in [2.75, 3.05) is 13.1 Å². The third-order valence-electron chi connectivity index (χ3n) is 5.38. The number of likely N-dealkylation sites (tertiary alicyclic amines) is 1. The average molecular weight is 428 g/mol. The molecule has 4 rings (SSSR count). The van der Waals surface area contributed by atoms with Gasteiger partial charge in [0.25, 0.3) is 0 Å². The minimum absolute atomic E-state index is 0. The largest absolute Gasteiger partial charge is 0.669 e. The standard InChI is InChI=1S/C20H22BN2O7.CH4/c22-17(12-4-2-1-3-5-12)19(24)23-10-14(11-23)29-15-7-6-13-8-9-21(27,28)30-18(13)16(15)20(25)26;/h1-7,14,17,27-28H,8-11,22H2,(H,25,26);1H4/q-1;/p-1/t17-;/m1./s1. The van der Waals surface area contributed by atoms with Crippen LogP contribution >= 0.6 is 0 Å². The van der Waals surface area contributed by atoms with Crippen molar-refractivity contribution in [2.24, 2.45) is 5.73 Å². The Morgan fingerprint density at radius 1 is 1.19 bits per heavy atom. The molecular weight excluding hydrogens is 403 g/mol. The van der Waals surface area contributed by atoms with Crippen LogP contribution in [0.4, 0.5) is 0 Å². The smallest absolute Gasteiger partial charge is 0.430 e. The van der Waals surface area contributed by atoms with Crippen molar-refractivity contribution in [1.82, 2.24) is 4.90 Å². The predicted molar refractivity (Wildman–Crippen MR) is 111 cm³/mol. The fourth-order valence-electron chi connectivity index (χ4n) is 3.69. The third-order valence-corrected chi connectivity index (χ3v) is 5.38. The minimum Gasteiger partial charge on any atom is -0.669 e. The van der Waals surface area contributed by atoms with Crippen molar-refractivity contribution < 1.29 is 34.1 Å². The number of fused-ring (bicyclic) bond motifs is 1. The molecule has 0 bridgehead atoms. The Morgan fingerprint density at radius 3 is 2.52 bits per heavy atom. The quantitative estimate of drug-likeness (QED) is 0.557. The number of ether oxygens (including phenoxy) is 1. The number of amides is 1. The fraction of sp³-hybridized carbons (Fsp3) is 0.333. The van der Waals surface area contributed by atoms with E-state index >= 15 is 0 Å². The SMILES string of the molecule is C.N[C@@H](C(=O)N1CC(Oc2ccc3c(c2C(=O)[O-])O[B-](O)(O)CC3)C1)c1ccccc1. The number of hydrogen-bond donors (Lipinski definition) is 3. The van der Waals surface area contributed by atoms with E-state index in [0.717, 1.165) is 0 Å². The lowest BCUT2D eigenvalue weighted by atomic mass is 9.70. The molecule has 2 aromatic rings. The van der Waals surface area contributed by atoms with Gasteiger partial charge in [0, 0.05) is 0 Å². The summed E-state index contributed by atoms with van der Waals surface area (Å²) in [5.74, 6) is -1.95. The molecule has 10 heteroatoms. The van der Waals surface area contributed by atoms with Crippen LogP contribution < -0.4 is 20.2 Å². The number of carboxylic acids is 1. The molecule has 31 heavy (non-hydrogen) atoms. The van der Waals surface area contributed by atoms with Gasteiger partial charge in [0.05, 0.1) is 30.4 Å². The summed E-state index contributed by atoms with van der Waals surface area (Å²) in [4.78, 5) is 25.8. The maximum absolute atomic E-state index is 12.5. The average Bonchev–Trinajstić information content (AvgIpc) is 2.68. The fourth-order valence-corrected chi connectivity index (χ4v) is 3.69. The zero-order valence-electron chi connectivity index (χ0n) is 16.1. The molecule has 2 aliphatic rings. The maximum atomic E-state index is 12.5. The molecule has 0 aromatic heterocycles. The predicted octanol–water partition coefficient (Wildman–Crippen LogP) is -0.166. The summed E-state index contributed by atoms with van der Waals surface area (Å²) >= 11 is 0. The third kappa shape index (κ3) is 4.51. The number of carbonyl (C=O) groups is 2. The summed E-state index contributed by atoms with van der Waals surface area (Å²) in [7, 11) is 0. The molecule has 1 fully saturated rings. The van der Waals surface area contributed by atoms with Crippen molar-refractivity contribution in [3.8, 4) is 11.5 Å². The molecule has 1 atom stereocenters. The van der Waals surface area contributed by atoms with E-state index in [4.69, 9.17) is 15.1 Å². The first-order valence-electron chi connectivity index (χ1n) is 9.67. The molecule has 2 aliphatic heterocycles. The summed E-state index contributed by atoms with van der Waals surface area (Å²) in [6.07, 6.45) is -0.206. The normalized spacial score (nSPS) is 18.0. The van der Waals surface area contributed by atoms with Crippen LogP contribution in [0.3, 0.4) is 0 Å². The van der Waals surface area contributed by atoms with Crippen LogP contribution in [0.15, 0.2) is 42.5 Å². The Hall–Kier alpha value is -3.08. The van der Waals surface area contributed by atoms with Crippen LogP contribution in [-0.2, 0) is 11.2 Å². The highest BCUT2D eigenvalue weighted by atomic mass is 16.6. The van der Waals surface area contributed by atoms with E-state index in [1.807, 2.05) is 6.07 Å². The monoisotopic (exact) mass is 428 g/mol. The van der Waals surface area contributed by atoms with Gasteiger partial charge in [-0.25, -0.2) is 0 Å². The van der Waals surface area contributed by atoms with Gasteiger partial charge in [-0.3, -0.25) is 4.79 Å². The number of carbonyl (C=O) groups excluding carboxylic acids is 2. The number of aromatic carboxylic acids is 1. The first-order chi connectivity index (χ1) is 14.2. The highest BCUT2D eigenvalue weighted by Gasteiger charge is 2.36. The van der Waals surface area contributed by atoms with Crippen LogP contribution in [0, 0.1) is 0 Å². The number of nitrogens with two attached hydrogens (primary N) is 1. The summed E-state index contributed by atoms with van der Waals surface area (Å²) in [5, 5.41) is 31.3. The highest BCUT2D eigenvalue weighted by Crippen LogP contribution is 2.38. The zero-order valence-corrected chi connectivity index (χ0v) is 16.1. The number of rotatable bonds is 5. The Kier molecular flexibility index (Phi) is 6.26. The summed E-state index contributed by atoms with van der Waals surface area (Å²) < 4.78 is 10.9. The van der Waals surface area contributed by atoms with Gasteiger partial charge in [-0.15, -0.1) is 0 Å². The minimum atomic E-state index is -3.13. The number of benzene rings is 2. The summed E-state index contributed by atoms with van der Waals surface area (Å²) in [5.41, 5.74) is 6.90. The van der Waals surface area contributed by atoms with Gasteiger partial charge < -0.3 is 40.0 Å². The molecule has 2 aromatic carbocycles. The van der Waals surface area contributed by atoms with E-state index in [9.17, 15) is 24.7 Å². The van der Waals surface area contributed by atoms with Crippen LogP contribution in [0.25, 0.3) is 0 Å². The van der Waals surface area contributed by atoms with Crippen molar-refractivity contribution in [3.63, 3.8) is 0 Å². The molecule has 0 radical (unpaired) electrons. The van der Waals surface area contributed by atoms with Crippen molar-refractivity contribution >= 4 is 18.6 Å². The summed E-state index contributed by atoms with van der Waals surface area (Å²) in [6.45, 7) is -2.64. The van der Waals surface area contributed by atoms with Crippen LogP contribution in [0.5, 0.6) is 11.5 Å².